The predicted molar refractivity (Wildman–Crippen MR) is 71.1 cm³/mol. The molecule has 17 heavy (non-hydrogen) atoms. The first-order valence-electron chi connectivity index (χ1n) is 5.23. The van der Waals surface area contributed by atoms with Gasteiger partial charge in [0, 0.05) is 6.42 Å². The first-order valence-corrected chi connectivity index (χ1v) is 7.27. The van der Waals surface area contributed by atoms with Gasteiger partial charge >= 0.3 is 5.97 Å². The lowest BCUT2D eigenvalue weighted by molar-refractivity contribution is 0.0524. The van der Waals surface area contributed by atoms with E-state index < -0.39 is 5.97 Å². The van der Waals surface area contributed by atoms with Crippen LogP contribution in [0.3, 0.4) is 0 Å². The molecule has 0 radical (unpaired) electrons. The first-order chi connectivity index (χ1) is 8.06. The number of thioether (sulfide) groups is 1. The van der Waals surface area contributed by atoms with Gasteiger partial charge in [0.2, 0.25) is 0 Å². The summed E-state index contributed by atoms with van der Waals surface area (Å²) in [6, 6.07) is 0. The molecule has 6 heteroatoms. The Kier molecular flexibility index (Phi) is 5.02. The SMILES string of the molecule is CCOC(=O)c1c(SC)sc(C(=O)CC)c1N. The molecule has 2 N–H and O–H groups in total. The minimum atomic E-state index is -0.458. The summed E-state index contributed by atoms with van der Waals surface area (Å²) in [6.07, 6.45) is 2.22. The van der Waals surface area contributed by atoms with E-state index in [1.165, 1.54) is 23.1 Å². The Balaban J connectivity index is 3.24. The number of hydrogen-bond donors (Lipinski definition) is 1. The van der Waals surface area contributed by atoms with Gasteiger partial charge in [-0.2, -0.15) is 0 Å². The Morgan fingerprint density at radius 1 is 1.41 bits per heavy atom. The number of nitrogen functional groups attached to an aromatic ring is 1. The second-order valence-corrected chi connectivity index (χ2v) is 5.30. The van der Waals surface area contributed by atoms with Crippen LogP contribution in [0.1, 0.15) is 40.3 Å². The van der Waals surface area contributed by atoms with Crippen LogP contribution in [0.25, 0.3) is 0 Å². The molecule has 0 aromatic carbocycles. The fourth-order valence-corrected chi connectivity index (χ4v) is 3.26. The van der Waals surface area contributed by atoms with Crippen LogP contribution in [0.15, 0.2) is 4.21 Å². The van der Waals surface area contributed by atoms with Crippen LogP contribution in [-0.2, 0) is 4.74 Å². The van der Waals surface area contributed by atoms with E-state index in [1.807, 2.05) is 6.26 Å². The molecule has 0 spiro atoms. The molecule has 1 aromatic rings. The van der Waals surface area contributed by atoms with Gasteiger partial charge in [0.1, 0.15) is 5.56 Å². The Hall–Kier alpha value is -1.01. The molecule has 0 saturated heterocycles. The molecule has 94 valence electrons. The number of ether oxygens (including phenoxy) is 1. The van der Waals surface area contributed by atoms with Gasteiger partial charge in [0.25, 0.3) is 0 Å². The number of thiophene rings is 1. The minimum Gasteiger partial charge on any atom is -0.462 e. The number of rotatable bonds is 5. The zero-order valence-electron chi connectivity index (χ0n) is 10.0. The number of esters is 1. The van der Waals surface area contributed by atoms with Crippen LogP contribution >= 0.6 is 23.1 Å². The first kappa shape index (κ1) is 14.1. The summed E-state index contributed by atoms with van der Waals surface area (Å²) in [5, 5.41) is 0. The zero-order valence-corrected chi connectivity index (χ0v) is 11.7. The molecule has 1 aromatic heterocycles. The molecule has 0 aliphatic carbocycles. The molecule has 0 saturated carbocycles. The molecule has 0 aliphatic heterocycles. The van der Waals surface area contributed by atoms with Crippen molar-refractivity contribution in [2.75, 3.05) is 18.6 Å². The minimum absolute atomic E-state index is 0.0432. The average Bonchev–Trinajstić information content (AvgIpc) is 2.65. The topological polar surface area (TPSA) is 69.4 Å². The van der Waals surface area contributed by atoms with Crippen LogP contribution in [0.4, 0.5) is 5.69 Å². The van der Waals surface area contributed by atoms with Crippen LogP contribution in [0.5, 0.6) is 0 Å². The van der Waals surface area contributed by atoms with Crippen molar-refractivity contribution < 1.29 is 14.3 Å². The molecule has 0 bridgehead atoms. The Bertz CT molecular complexity index is 440. The second-order valence-electron chi connectivity index (χ2n) is 3.21. The van der Waals surface area contributed by atoms with Crippen molar-refractivity contribution in [1.82, 2.24) is 0 Å². The van der Waals surface area contributed by atoms with Gasteiger partial charge < -0.3 is 10.5 Å². The lowest BCUT2D eigenvalue weighted by atomic mass is 10.2. The number of Topliss-reactive ketones (excluding diaryl/α,β-unsaturated/α-hetero) is 1. The van der Waals surface area contributed by atoms with Gasteiger partial charge in [-0.3, -0.25) is 4.79 Å². The standard InChI is InChI=1S/C11H15NO3S2/c1-4-6(13)9-8(12)7(10(14)15-5-2)11(16-3)17-9/h4-5,12H2,1-3H3. The summed E-state index contributed by atoms with van der Waals surface area (Å²) in [5.74, 6) is -0.501. The second kappa shape index (κ2) is 6.07. The largest absolute Gasteiger partial charge is 0.462 e. The van der Waals surface area contributed by atoms with Crippen LogP contribution < -0.4 is 5.73 Å². The summed E-state index contributed by atoms with van der Waals surface area (Å²) >= 11 is 2.66. The Morgan fingerprint density at radius 3 is 2.53 bits per heavy atom. The molecule has 0 atom stereocenters. The van der Waals surface area contributed by atoms with Crippen LogP contribution in [0, 0.1) is 0 Å². The summed E-state index contributed by atoms with van der Waals surface area (Å²) in [7, 11) is 0. The third-order valence-corrected chi connectivity index (χ3v) is 4.52. The Morgan fingerprint density at radius 2 is 2.06 bits per heavy atom. The van der Waals surface area contributed by atoms with Crippen molar-refractivity contribution in [3.05, 3.63) is 10.4 Å². The van der Waals surface area contributed by atoms with Gasteiger partial charge in [0.05, 0.1) is 21.4 Å². The van der Waals surface area contributed by atoms with Gasteiger partial charge in [-0.1, -0.05) is 6.92 Å². The van der Waals surface area contributed by atoms with Crippen molar-refractivity contribution in [3.63, 3.8) is 0 Å². The number of carbonyl (C=O) groups excluding carboxylic acids is 2. The molecule has 0 aliphatic rings. The fourth-order valence-electron chi connectivity index (χ4n) is 1.33. The van der Waals surface area contributed by atoms with Gasteiger partial charge in [-0.15, -0.1) is 23.1 Å². The molecular weight excluding hydrogens is 258 g/mol. The normalized spacial score (nSPS) is 10.3. The highest BCUT2D eigenvalue weighted by Gasteiger charge is 2.25. The van der Waals surface area contributed by atoms with Crippen molar-refractivity contribution in [2.24, 2.45) is 0 Å². The van der Waals surface area contributed by atoms with E-state index in [0.29, 0.717) is 23.5 Å². The molecular formula is C11H15NO3S2. The lowest BCUT2D eigenvalue weighted by Gasteiger charge is -2.03. The average molecular weight is 273 g/mol. The van der Waals surface area contributed by atoms with E-state index in [1.54, 1.807) is 13.8 Å². The van der Waals surface area contributed by atoms with Crippen molar-refractivity contribution >= 4 is 40.5 Å². The number of ketones is 1. The molecule has 1 heterocycles. The summed E-state index contributed by atoms with van der Waals surface area (Å²) < 4.78 is 5.68. The molecule has 1 rings (SSSR count). The van der Waals surface area contributed by atoms with E-state index >= 15 is 0 Å². The summed E-state index contributed by atoms with van der Waals surface area (Å²) in [4.78, 5) is 23.9. The highest BCUT2D eigenvalue weighted by Crippen LogP contribution is 2.38. The van der Waals surface area contributed by atoms with Gasteiger partial charge in [0.15, 0.2) is 5.78 Å². The van der Waals surface area contributed by atoms with E-state index in [0.717, 1.165) is 4.21 Å². The maximum absolute atomic E-state index is 11.7. The van der Waals surface area contributed by atoms with Crippen LogP contribution in [0.2, 0.25) is 0 Å². The van der Waals surface area contributed by atoms with Gasteiger partial charge in [-0.05, 0) is 13.2 Å². The van der Waals surface area contributed by atoms with Crippen LogP contribution in [-0.4, -0.2) is 24.6 Å². The van der Waals surface area contributed by atoms with E-state index in [4.69, 9.17) is 10.5 Å². The van der Waals surface area contributed by atoms with Crippen molar-refractivity contribution in [1.29, 1.82) is 0 Å². The number of nitrogens with two attached hydrogens (primary N) is 1. The molecule has 0 fully saturated rings. The number of anilines is 1. The fraction of sp³-hybridized carbons (Fsp3) is 0.455. The highest BCUT2D eigenvalue weighted by molar-refractivity contribution is 8.00. The maximum atomic E-state index is 11.7. The third-order valence-electron chi connectivity index (χ3n) is 2.15. The maximum Gasteiger partial charge on any atom is 0.342 e. The quantitative estimate of drug-likeness (QED) is 0.507. The highest BCUT2D eigenvalue weighted by atomic mass is 32.2. The van der Waals surface area contributed by atoms with E-state index in [2.05, 4.69) is 0 Å². The van der Waals surface area contributed by atoms with E-state index in [9.17, 15) is 9.59 Å². The third kappa shape index (κ3) is 2.81. The zero-order chi connectivity index (χ0) is 13.0. The summed E-state index contributed by atoms with van der Waals surface area (Å²) in [6.45, 7) is 3.79. The molecule has 4 nitrogen and oxygen atoms in total. The lowest BCUT2D eigenvalue weighted by Crippen LogP contribution is -2.08. The summed E-state index contributed by atoms with van der Waals surface area (Å²) in [5.41, 5.74) is 6.45. The Labute approximate surface area is 109 Å². The molecule has 0 unspecified atom stereocenters. The number of hydrogen-bond acceptors (Lipinski definition) is 6. The van der Waals surface area contributed by atoms with Crippen molar-refractivity contribution in [3.8, 4) is 0 Å². The molecule has 0 amide bonds. The monoisotopic (exact) mass is 273 g/mol. The predicted octanol–water partition coefficient (Wildman–Crippen LogP) is 2.82. The van der Waals surface area contributed by atoms with E-state index in [-0.39, 0.29) is 11.5 Å². The van der Waals surface area contributed by atoms with Gasteiger partial charge in [-0.25, -0.2) is 4.79 Å². The smallest absolute Gasteiger partial charge is 0.342 e. The number of carbonyl (C=O) groups is 2. The van der Waals surface area contributed by atoms with Crippen molar-refractivity contribution in [2.45, 2.75) is 24.5 Å².